The summed E-state index contributed by atoms with van der Waals surface area (Å²) in [4.78, 5) is 1.17. The fraction of sp³-hybridized carbons (Fsp3) is 0.400. The largest absolute Gasteiger partial charge is 0.408 e. The molecule has 1 nitrogen and oxygen atoms in total. The van der Waals surface area contributed by atoms with Crippen molar-refractivity contribution >= 4 is 22.6 Å². The van der Waals surface area contributed by atoms with E-state index in [1.165, 1.54) is 31.1 Å². The van der Waals surface area contributed by atoms with Crippen LogP contribution in [-0.4, -0.2) is 25.2 Å². The predicted molar refractivity (Wildman–Crippen MR) is 61.6 cm³/mol. The number of hydrogen-bond donors (Lipinski definition) is 0. The van der Waals surface area contributed by atoms with Gasteiger partial charge < -0.3 is 0 Å². The van der Waals surface area contributed by atoms with Crippen LogP contribution in [0.4, 0.5) is 13.2 Å². The molecule has 84 valence electrons. The van der Waals surface area contributed by atoms with Crippen LogP contribution in [0, 0.1) is 3.57 Å². The zero-order valence-electron chi connectivity index (χ0n) is 8.35. The maximum absolute atomic E-state index is 12.7. The van der Waals surface area contributed by atoms with E-state index in [0.717, 1.165) is 3.57 Å². The van der Waals surface area contributed by atoms with E-state index in [4.69, 9.17) is 0 Å². The average Bonchev–Trinajstić information content (AvgIpc) is 2.05. The molecule has 1 unspecified atom stereocenters. The molecule has 0 radical (unpaired) electrons. The van der Waals surface area contributed by atoms with Gasteiger partial charge in [-0.2, -0.15) is 13.2 Å². The number of nitrogens with zero attached hydrogens (tertiary/aromatic N) is 1. The zero-order chi connectivity index (χ0) is 11.6. The maximum Gasteiger partial charge on any atom is 0.408 e. The summed E-state index contributed by atoms with van der Waals surface area (Å²) >= 11 is 2.06. The Morgan fingerprint density at radius 2 is 1.60 bits per heavy atom. The SMILES string of the molecule is CN(C)C(c1ccc(I)cc1)C(F)(F)F. The maximum atomic E-state index is 12.7. The second-order valence-electron chi connectivity index (χ2n) is 3.46. The Labute approximate surface area is 100 Å². The van der Waals surface area contributed by atoms with E-state index in [1.54, 1.807) is 12.1 Å². The van der Waals surface area contributed by atoms with Crippen molar-refractivity contribution in [3.63, 3.8) is 0 Å². The lowest BCUT2D eigenvalue weighted by Crippen LogP contribution is -2.33. The first-order chi connectivity index (χ1) is 6.82. The molecule has 0 aliphatic carbocycles. The Balaban J connectivity index is 3.05. The van der Waals surface area contributed by atoms with Crippen LogP contribution >= 0.6 is 22.6 Å². The minimum atomic E-state index is -4.24. The van der Waals surface area contributed by atoms with Gasteiger partial charge in [-0.15, -0.1) is 0 Å². The van der Waals surface area contributed by atoms with Gasteiger partial charge in [-0.3, -0.25) is 4.90 Å². The highest BCUT2D eigenvalue weighted by molar-refractivity contribution is 14.1. The third-order valence-corrected chi connectivity index (χ3v) is 2.73. The van der Waals surface area contributed by atoms with E-state index < -0.39 is 12.2 Å². The van der Waals surface area contributed by atoms with Crippen molar-refractivity contribution in [1.29, 1.82) is 0 Å². The van der Waals surface area contributed by atoms with Crippen molar-refractivity contribution in [2.24, 2.45) is 0 Å². The standard InChI is InChI=1S/C10H11F3IN/c1-15(2)9(10(11,12)13)7-3-5-8(14)6-4-7/h3-6,9H,1-2H3. The smallest absolute Gasteiger partial charge is 0.295 e. The molecular weight excluding hydrogens is 318 g/mol. The summed E-state index contributed by atoms with van der Waals surface area (Å²) in [6.45, 7) is 0. The molecule has 0 aliphatic heterocycles. The number of hydrogen-bond acceptors (Lipinski definition) is 1. The van der Waals surface area contributed by atoms with Gasteiger partial charge in [-0.25, -0.2) is 0 Å². The van der Waals surface area contributed by atoms with Crippen LogP contribution in [-0.2, 0) is 0 Å². The Morgan fingerprint density at radius 1 is 1.13 bits per heavy atom. The van der Waals surface area contributed by atoms with Gasteiger partial charge in [0.1, 0.15) is 6.04 Å². The Bertz CT molecular complexity index is 318. The van der Waals surface area contributed by atoms with Crippen molar-refractivity contribution in [1.82, 2.24) is 4.90 Å². The highest BCUT2D eigenvalue weighted by Crippen LogP contribution is 2.36. The minimum absolute atomic E-state index is 0.271. The molecule has 0 heterocycles. The van der Waals surface area contributed by atoms with Crippen molar-refractivity contribution in [3.05, 3.63) is 33.4 Å². The number of benzene rings is 1. The molecule has 0 bridgehead atoms. The van der Waals surface area contributed by atoms with E-state index >= 15 is 0 Å². The first-order valence-electron chi connectivity index (χ1n) is 4.31. The molecule has 0 spiro atoms. The fourth-order valence-electron chi connectivity index (χ4n) is 1.42. The zero-order valence-corrected chi connectivity index (χ0v) is 10.5. The van der Waals surface area contributed by atoms with Crippen LogP contribution in [0.1, 0.15) is 11.6 Å². The average molecular weight is 329 g/mol. The first kappa shape index (κ1) is 12.8. The van der Waals surface area contributed by atoms with Crippen molar-refractivity contribution in [2.75, 3.05) is 14.1 Å². The third-order valence-electron chi connectivity index (χ3n) is 2.01. The molecule has 1 aromatic rings. The summed E-state index contributed by atoms with van der Waals surface area (Å²) in [6, 6.07) is 4.85. The van der Waals surface area contributed by atoms with Gasteiger partial charge in [-0.1, -0.05) is 12.1 Å². The summed E-state index contributed by atoms with van der Waals surface area (Å²) in [5.74, 6) is 0. The Kier molecular flexibility index (Phi) is 3.99. The topological polar surface area (TPSA) is 3.24 Å². The number of rotatable bonds is 2. The van der Waals surface area contributed by atoms with Crippen LogP contribution in [0.25, 0.3) is 0 Å². The van der Waals surface area contributed by atoms with E-state index in [9.17, 15) is 13.2 Å². The highest BCUT2D eigenvalue weighted by atomic mass is 127. The Hall–Kier alpha value is -0.300. The van der Waals surface area contributed by atoms with Crippen LogP contribution in [0.15, 0.2) is 24.3 Å². The second-order valence-corrected chi connectivity index (χ2v) is 4.70. The van der Waals surface area contributed by atoms with Gasteiger partial charge in [0.15, 0.2) is 0 Å². The summed E-state index contributed by atoms with van der Waals surface area (Å²) in [5, 5.41) is 0. The lowest BCUT2D eigenvalue weighted by molar-refractivity contribution is -0.179. The number of halogens is 4. The molecule has 1 aromatic carbocycles. The first-order valence-corrected chi connectivity index (χ1v) is 5.39. The number of alkyl halides is 3. The molecule has 0 saturated carbocycles. The molecule has 0 amide bonds. The quantitative estimate of drug-likeness (QED) is 0.751. The van der Waals surface area contributed by atoms with Crippen molar-refractivity contribution in [2.45, 2.75) is 12.2 Å². The highest BCUT2D eigenvalue weighted by Gasteiger charge is 2.42. The van der Waals surface area contributed by atoms with Crippen LogP contribution < -0.4 is 0 Å². The van der Waals surface area contributed by atoms with Gasteiger partial charge in [-0.05, 0) is 54.4 Å². The molecular formula is C10H11F3IN. The fourth-order valence-corrected chi connectivity index (χ4v) is 1.78. The third kappa shape index (κ3) is 3.34. The molecule has 0 aromatic heterocycles. The lowest BCUT2D eigenvalue weighted by Gasteiger charge is -2.27. The normalized spacial score (nSPS) is 14.3. The summed E-state index contributed by atoms with van der Waals surface area (Å²) < 4.78 is 39.1. The predicted octanol–water partition coefficient (Wildman–Crippen LogP) is 3.46. The van der Waals surface area contributed by atoms with Gasteiger partial charge >= 0.3 is 6.18 Å². The molecule has 0 fully saturated rings. The molecule has 5 heteroatoms. The van der Waals surface area contributed by atoms with Crippen molar-refractivity contribution in [3.8, 4) is 0 Å². The van der Waals surface area contributed by atoms with Gasteiger partial charge in [0, 0.05) is 3.57 Å². The molecule has 0 saturated heterocycles. The van der Waals surface area contributed by atoms with E-state index in [-0.39, 0.29) is 5.56 Å². The van der Waals surface area contributed by atoms with Gasteiger partial charge in [0.25, 0.3) is 0 Å². The lowest BCUT2D eigenvalue weighted by atomic mass is 10.1. The van der Waals surface area contributed by atoms with Gasteiger partial charge in [0.05, 0.1) is 0 Å². The second kappa shape index (κ2) is 4.69. The van der Waals surface area contributed by atoms with Gasteiger partial charge in [0.2, 0.25) is 0 Å². The summed E-state index contributed by atoms with van der Waals surface area (Å²) in [6.07, 6.45) is -4.24. The Morgan fingerprint density at radius 3 is 1.93 bits per heavy atom. The molecule has 0 aliphatic rings. The molecule has 1 atom stereocenters. The van der Waals surface area contributed by atoms with Crippen LogP contribution in [0.3, 0.4) is 0 Å². The minimum Gasteiger partial charge on any atom is -0.295 e. The van der Waals surface area contributed by atoms with E-state index in [2.05, 4.69) is 22.6 Å². The van der Waals surface area contributed by atoms with E-state index in [0.29, 0.717) is 0 Å². The molecule has 15 heavy (non-hydrogen) atoms. The van der Waals surface area contributed by atoms with Crippen molar-refractivity contribution < 1.29 is 13.2 Å². The van der Waals surface area contributed by atoms with E-state index in [1.807, 2.05) is 0 Å². The monoisotopic (exact) mass is 329 g/mol. The summed E-state index contributed by atoms with van der Waals surface area (Å²) in [5.41, 5.74) is 0.271. The summed E-state index contributed by atoms with van der Waals surface area (Å²) in [7, 11) is 2.85. The molecule has 0 N–H and O–H groups in total. The molecule has 1 rings (SSSR count). The van der Waals surface area contributed by atoms with Crippen LogP contribution in [0.5, 0.6) is 0 Å². The van der Waals surface area contributed by atoms with Crippen LogP contribution in [0.2, 0.25) is 0 Å².